The van der Waals surface area contributed by atoms with E-state index in [-0.39, 0.29) is 11.5 Å². The van der Waals surface area contributed by atoms with Crippen molar-refractivity contribution in [3.05, 3.63) is 41.9 Å². The fraction of sp³-hybridized carbons (Fsp3) is 0.154. The van der Waals surface area contributed by atoms with Crippen LogP contribution in [0.15, 0.2) is 34.7 Å². The second-order valence-electron chi connectivity index (χ2n) is 3.79. The molecule has 1 aromatic carbocycles. The van der Waals surface area contributed by atoms with E-state index in [4.69, 9.17) is 9.52 Å². The molecular weight excluding hydrogens is 258 g/mol. The van der Waals surface area contributed by atoms with Crippen molar-refractivity contribution in [2.24, 2.45) is 0 Å². The van der Waals surface area contributed by atoms with E-state index in [0.29, 0.717) is 16.9 Å². The van der Waals surface area contributed by atoms with Crippen LogP contribution in [0.3, 0.4) is 0 Å². The van der Waals surface area contributed by atoms with Crippen LogP contribution in [0, 0.1) is 6.92 Å². The number of rotatable bonds is 4. The van der Waals surface area contributed by atoms with Crippen molar-refractivity contribution in [3.63, 3.8) is 0 Å². The molecule has 0 saturated heterocycles. The summed E-state index contributed by atoms with van der Waals surface area (Å²) in [5.74, 6) is -0.987. The molecule has 0 aliphatic carbocycles. The van der Waals surface area contributed by atoms with E-state index < -0.39 is 12.6 Å². The second-order valence-corrected chi connectivity index (χ2v) is 3.79. The lowest BCUT2D eigenvalue weighted by molar-refractivity contribution is -0.0498. The van der Waals surface area contributed by atoms with Crippen molar-refractivity contribution in [1.29, 1.82) is 0 Å². The highest BCUT2D eigenvalue weighted by Gasteiger charge is 2.15. The Labute approximate surface area is 107 Å². The summed E-state index contributed by atoms with van der Waals surface area (Å²) in [5.41, 5.74) is 1.07. The summed E-state index contributed by atoms with van der Waals surface area (Å²) in [5, 5.41) is 8.83. The smallest absolute Gasteiger partial charge is 0.387 e. The minimum atomic E-state index is -2.91. The monoisotopic (exact) mass is 268 g/mol. The highest BCUT2D eigenvalue weighted by atomic mass is 19.3. The average molecular weight is 268 g/mol. The van der Waals surface area contributed by atoms with Crippen LogP contribution in [-0.2, 0) is 0 Å². The molecule has 100 valence electrons. The third-order valence-electron chi connectivity index (χ3n) is 2.50. The molecule has 6 heteroatoms. The molecule has 0 aliphatic rings. The van der Waals surface area contributed by atoms with Gasteiger partial charge in [-0.05, 0) is 30.7 Å². The molecule has 2 rings (SSSR count). The van der Waals surface area contributed by atoms with Crippen LogP contribution in [0.5, 0.6) is 5.75 Å². The van der Waals surface area contributed by atoms with Gasteiger partial charge in [-0.15, -0.1) is 0 Å². The number of carbonyl (C=O) groups is 1. The van der Waals surface area contributed by atoms with Crippen LogP contribution >= 0.6 is 0 Å². The van der Waals surface area contributed by atoms with E-state index in [0.717, 1.165) is 0 Å². The first-order chi connectivity index (χ1) is 8.97. The van der Waals surface area contributed by atoms with E-state index in [9.17, 15) is 13.6 Å². The molecule has 0 saturated carbocycles. The van der Waals surface area contributed by atoms with Gasteiger partial charge < -0.3 is 14.3 Å². The molecule has 0 unspecified atom stereocenters. The van der Waals surface area contributed by atoms with Gasteiger partial charge in [0.05, 0.1) is 0 Å². The summed E-state index contributed by atoms with van der Waals surface area (Å²) in [4.78, 5) is 10.8. The topological polar surface area (TPSA) is 59.7 Å². The largest absolute Gasteiger partial charge is 0.475 e. The van der Waals surface area contributed by atoms with Gasteiger partial charge in [-0.2, -0.15) is 8.78 Å². The zero-order chi connectivity index (χ0) is 14.0. The second kappa shape index (κ2) is 5.09. The lowest BCUT2D eigenvalue weighted by atomic mass is 10.1. The average Bonchev–Trinajstić information content (AvgIpc) is 2.71. The number of carboxylic acids is 1. The summed E-state index contributed by atoms with van der Waals surface area (Å²) >= 11 is 0. The molecule has 0 bridgehead atoms. The Balaban J connectivity index is 2.38. The fourth-order valence-corrected chi connectivity index (χ4v) is 1.71. The predicted octanol–water partition coefficient (Wildman–Crippen LogP) is 3.55. The number of halogens is 2. The van der Waals surface area contributed by atoms with Crippen molar-refractivity contribution in [2.45, 2.75) is 13.5 Å². The van der Waals surface area contributed by atoms with E-state index in [1.807, 2.05) is 0 Å². The van der Waals surface area contributed by atoms with Crippen LogP contribution in [0.25, 0.3) is 11.1 Å². The number of furan rings is 1. The molecule has 1 heterocycles. The molecule has 19 heavy (non-hydrogen) atoms. The quantitative estimate of drug-likeness (QED) is 0.921. The lowest BCUT2D eigenvalue weighted by Gasteiger charge is -2.06. The first-order valence-corrected chi connectivity index (χ1v) is 5.36. The molecule has 1 aromatic heterocycles. The van der Waals surface area contributed by atoms with Gasteiger partial charge in [0.25, 0.3) is 0 Å². The third-order valence-corrected chi connectivity index (χ3v) is 2.50. The number of carboxylic acid groups (broad SMARTS) is 1. The van der Waals surface area contributed by atoms with Crippen LogP contribution < -0.4 is 4.74 Å². The minimum absolute atomic E-state index is 0.00461. The van der Waals surface area contributed by atoms with Crippen molar-refractivity contribution in [1.82, 2.24) is 0 Å². The van der Waals surface area contributed by atoms with Gasteiger partial charge in [0, 0.05) is 5.56 Å². The number of aromatic carboxylic acids is 1. The van der Waals surface area contributed by atoms with Gasteiger partial charge in [0.1, 0.15) is 11.5 Å². The first-order valence-electron chi connectivity index (χ1n) is 5.36. The lowest BCUT2D eigenvalue weighted by Crippen LogP contribution is -2.01. The van der Waals surface area contributed by atoms with Crippen LogP contribution in [-0.4, -0.2) is 17.7 Å². The third kappa shape index (κ3) is 2.90. The van der Waals surface area contributed by atoms with Gasteiger partial charge in [0.15, 0.2) is 0 Å². The molecule has 0 aliphatic heterocycles. The number of ether oxygens (including phenoxy) is 1. The molecule has 0 spiro atoms. The van der Waals surface area contributed by atoms with Crippen molar-refractivity contribution < 1.29 is 27.8 Å². The number of benzene rings is 1. The molecule has 0 amide bonds. The van der Waals surface area contributed by atoms with Gasteiger partial charge >= 0.3 is 12.6 Å². The zero-order valence-corrected chi connectivity index (χ0v) is 9.89. The fourth-order valence-electron chi connectivity index (χ4n) is 1.71. The maximum Gasteiger partial charge on any atom is 0.387 e. The highest BCUT2D eigenvalue weighted by Crippen LogP contribution is 2.29. The Bertz CT molecular complexity index is 604. The zero-order valence-electron chi connectivity index (χ0n) is 9.89. The standard InChI is InChI=1S/C13H10F2O4/c1-7-10(6-11(18-7)12(16)17)8-3-2-4-9(5-8)19-13(14)15/h2-6,13H,1H3,(H,16,17). The molecule has 0 atom stereocenters. The summed E-state index contributed by atoms with van der Waals surface area (Å²) in [6, 6.07) is 7.33. The van der Waals surface area contributed by atoms with Crippen molar-refractivity contribution in [2.75, 3.05) is 0 Å². The summed E-state index contributed by atoms with van der Waals surface area (Å²) in [6.07, 6.45) is 0. The Morgan fingerprint density at radius 3 is 2.68 bits per heavy atom. The Hall–Kier alpha value is -2.37. The Morgan fingerprint density at radius 2 is 2.11 bits per heavy atom. The Morgan fingerprint density at radius 1 is 1.37 bits per heavy atom. The Kier molecular flexibility index (Phi) is 3.50. The van der Waals surface area contributed by atoms with E-state index in [1.54, 1.807) is 19.1 Å². The predicted molar refractivity (Wildman–Crippen MR) is 62.5 cm³/mol. The molecule has 1 N–H and O–H groups in total. The maximum absolute atomic E-state index is 12.1. The van der Waals surface area contributed by atoms with Gasteiger partial charge in [-0.3, -0.25) is 0 Å². The highest BCUT2D eigenvalue weighted by molar-refractivity contribution is 5.87. The van der Waals surface area contributed by atoms with E-state index in [1.165, 1.54) is 18.2 Å². The normalized spacial score (nSPS) is 10.7. The summed E-state index contributed by atoms with van der Waals surface area (Å²) < 4.78 is 33.6. The number of hydrogen-bond acceptors (Lipinski definition) is 3. The molecule has 2 aromatic rings. The van der Waals surface area contributed by atoms with Crippen molar-refractivity contribution in [3.8, 4) is 16.9 Å². The van der Waals surface area contributed by atoms with Crippen LogP contribution in [0.4, 0.5) is 8.78 Å². The van der Waals surface area contributed by atoms with Crippen LogP contribution in [0.2, 0.25) is 0 Å². The minimum Gasteiger partial charge on any atom is -0.475 e. The molecular formula is C13H10F2O4. The number of alkyl halides is 2. The maximum atomic E-state index is 12.1. The summed E-state index contributed by atoms with van der Waals surface area (Å²) in [6.45, 7) is -1.31. The first kappa shape index (κ1) is 13.1. The SMILES string of the molecule is Cc1oc(C(=O)O)cc1-c1cccc(OC(F)F)c1. The van der Waals surface area contributed by atoms with Crippen LogP contribution in [0.1, 0.15) is 16.3 Å². The summed E-state index contributed by atoms with van der Waals surface area (Å²) in [7, 11) is 0. The number of hydrogen-bond donors (Lipinski definition) is 1. The molecule has 4 nitrogen and oxygen atoms in total. The van der Waals surface area contributed by atoms with E-state index in [2.05, 4.69) is 4.74 Å². The number of aryl methyl sites for hydroxylation is 1. The van der Waals surface area contributed by atoms with Gasteiger partial charge in [-0.1, -0.05) is 12.1 Å². The van der Waals surface area contributed by atoms with E-state index >= 15 is 0 Å². The van der Waals surface area contributed by atoms with Gasteiger partial charge in [-0.25, -0.2) is 4.79 Å². The van der Waals surface area contributed by atoms with Gasteiger partial charge in [0.2, 0.25) is 5.76 Å². The van der Waals surface area contributed by atoms with Crippen molar-refractivity contribution >= 4 is 5.97 Å². The molecule has 0 fully saturated rings. The molecule has 0 radical (unpaired) electrons.